The van der Waals surface area contributed by atoms with Gasteiger partial charge in [-0.25, -0.2) is 0 Å². The van der Waals surface area contributed by atoms with E-state index in [0.717, 1.165) is 21.4 Å². The van der Waals surface area contributed by atoms with Gasteiger partial charge in [-0.15, -0.1) is 5.10 Å². The van der Waals surface area contributed by atoms with E-state index in [2.05, 4.69) is 80.7 Å². The van der Waals surface area contributed by atoms with Crippen LogP contribution in [0.1, 0.15) is 30.9 Å². The van der Waals surface area contributed by atoms with E-state index in [-0.39, 0.29) is 0 Å². The zero-order chi connectivity index (χ0) is 17.8. The Bertz CT molecular complexity index is 879. The normalized spacial score (nSPS) is 10.8. The van der Waals surface area contributed by atoms with Gasteiger partial charge in [0.2, 0.25) is 5.95 Å². The first-order valence-electron chi connectivity index (χ1n) is 8.12. The average molecular weight is 398 g/mol. The minimum Gasteiger partial charge on any atom is -0.339 e. The number of rotatable bonds is 5. The van der Waals surface area contributed by atoms with Crippen molar-refractivity contribution in [3.05, 3.63) is 64.3 Å². The number of hydrogen-bond acceptors (Lipinski definition) is 5. The van der Waals surface area contributed by atoms with Crippen LogP contribution in [-0.2, 0) is 0 Å². The summed E-state index contributed by atoms with van der Waals surface area (Å²) in [5.74, 6) is 1.50. The molecule has 3 aromatic rings. The number of hydrogen-bond donors (Lipinski definition) is 2. The molecule has 2 aromatic carbocycles. The predicted octanol–water partition coefficient (Wildman–Crippen LogP) is 5.55. The summed E-state index contributed by atoms with van der Waals surface area (Å²) in [6.45, 7) is 6.42. The van der Waals surface area contributed by atoms with Gasteiger partial charge in [0.05, 0.1) is 6.20 Å². The summed E-state index contributed by atoms with van der Waals surface area (Å²) in [7, 11) is 0. The Hall–Kier alpha value is -2.47. The Balaban J connectivity index is 1.86. The van der Waals surface area contributed by atoms with Crippen molar-refractivity contribution >= 4 is 39.1 Å². The molecule has 0 radical (unpaired) electrons. The van der Waals surface area contributed by atoms with Crippen LogP contribution < -0.4 is 10.6 Å². The lowest BCUT2D eigenvalue weighted by atomic mass is 9.98. The van der Waals surface area contributed by atoms with Gasteiger partial charge in [0.1, 0.15) is 0 Å². The lowest BCUT2D eigenvalue weighted by Gasteiger charge is -2.16. The fourth-order valence-electron chi connectivity index (χ4n) is 2.58. The standard InChI is InChI=1S/C19H20BrN5/c1-12(2)16-9-4-6-13(3)18(16)24-19-23-17(11-21-25-19)22-15-8-5-7-14(20)10-15/h4-12H,1-3H3,(H2,22,23,24,25). The van der Waals surface area contributed by atoms with Gasteiger partial charge >= 0.3 is 0 Å². The van der Waals surface area contributed by atoms with Crippen LogP contribution >= 0.6 is 15.9 Å². The molecule has 0 bridgehead atoms. The summed E-state index contributed by atoms with van der Waals surface area (Å²) in [6, 6.07) is 14.2. The van der Waals surface area contributed by atoms with E-state index in [1.807, 2.05) is 24.3 Å². The fourth-order valence-corrected chi connectivity index (χ4v) is 2.98. The predicted molar refractivity (Wildman–Crippen MR) is 106 cm³/mol. The lowest BCUT2D eigenvalue weighted by Crippen LogP contribution is -2.06. The summed E-state index contributed by atoms with van der Waals surface area (Å²) in [4.78, 5) is 4.52. The van der Waals surface area contributed by atoms with Crippen LogP contribution in [0.15, 0.2) is 53.1 Å². The molecule has 6 heteroatoms. The third kappa shape index (κ3) is 4.33. The first-order chi connectivity index (χ1) is 12.0. The van der Waals surface area contributed by atoms with Crippen molar-refractivity contribution in [2.75, 3.05) is 10.6 Å². The van der Waals surface area contributed by atoms with E-state index in [1.54, 1.807) is 6.20 Å². The molecule has 3 rings (SSSR count). The van der Waals surface area contributed by atoms with Crippen LogP contribution in [0.5, 0.6) is 0 Å². The monoisotopic (exact) mass is 397 g/mol. The van der Waals surface area contributed by atoms with Gasteiger partial charge in [0.25, 0.3) is 0 Å². The fraction of sp³-hybridized carbons (Fsp3) is 0.211. The molecule has 2 N–H and O–H groups in total. The van der Waals surface area contributed by atoms with Gasteiger partial charge in [-0.2, -0.15) is 10.1 Å². The van der Waals surface area contributed by atoms with Crippen LogP contribution in [0.25, 0.3) is 0 Å². The van der Waals surface area contributed by atoms with E-state index in [1.165, 1.54) is 5.56 Å². The van der Waals surface area contributed by atoms with Gasteiger partial charge in [0, 0.05) is 15.8 Å². The second-order valence-corrected chi connectivity index (χ2v) is 7.04. The molecule has 0 unspecified atom stereocenters. The zero-order valence-corrected chi connectivity index (χ0v) is 16.0. The molecule has 0 fully saturated rings. The highest BCUT2D eigenvalue weighted by Gasteiger charge is 2.11. The molecule has 0 atom stereocenters. The Morgan fingerprint density at radius 3 is 2.60 bits per heavy atom. The number of nitrogens with one attached hydrogen (secondary N) is 2. The number of aromatic nitrogens is 3. The topological polar surface area (TPSA) is 62.7 Å². The van der Waals surface area contributed by atoms with Gasteiger partial charge < -0.3 is 10.6 Å². The smallest absolute Gasteiger partial charge is 0.249 e. The summed E-state index contributed by atoms with van der Waals surface area (Å²) < 4.78 is 0.999. The van der Waals surface area contributed by atoms with E-state index < -0.39 is 0 Å². The second-order valence-electron chi connectivity index (χ2n) is 6.12. The van der Waals surface area contributed by atoms with Crippen LogP contribution in [0.4, 0.5) is 23.1 Å². The van der Waals surface area contributed by atoms with Crippen molar-refractivity contribution < 1.29 is 0 Å². The largest absolute Gasteiger partial charge is 0.339 e. The lowest BCUT2D eigenvalue weighted by molar-refractivity contribution is 0.865. The SMILES string of the molecule is Cc1cccc(C(C)C)c1Nc1nncc(Nc2cccc(Br)c2)n1. The van der Waals surface area contributed by atoms with Crippen molar-refractivity contribution in [2.24, 2.45) is 0 Å². The number of halogens is 1. The second kappa shape index (κ2) is 7.61. The molecule has 25 heavy (non-hydrogen) atoms. The number of aryl methyl sites for hydroxylation is 1. The minimum atomic E-state index is 0.401. The third-order valence-electron chi connectivity index (χ3n) is 3.82. The highest BCUT2D eigenvalue weighted by Crippen LogP contribution is 2.29. The van der Waals surface area contributed by atoms with Gasteiger partial charge in [-0.05, 0) is 42.2 Å². The van der Waals surface area contributed by atoms with E-state index >= 15 is 0 Å². The molecule has 0 aliphatic rings. The first kappa shape index (κ1) is 17.4. The molecular formula is C19H20BrN5. The first-order valence-corrected chi connectivity index (χ1v) is 8.91. The Kier molecular flexibility index (Phi) is 5.28. The molecular weight excluding hydrogens is 378 g/mol. The molecule has 0 saturated carbocycles. The molecule has 0 saturated heterocycles. The van der Waals surface area contributed by atoms with Crippen LogP contribution in [-0.4, -0.2) is 15.2 Å². The van der Waals surface area contributed by atoms with Gasteiger partial charge in [-0.1, -0.05) is 54.0 Å². The van der Waals surface area contributed by atoms with E-state index in [4.69, 9.17) is 0 Å². The maximum atomic E-state index is 4.52. The number of para-hydroxylation sites is 1. The zero-order valence-electron chi connectivity index (χ0n) is 14.4. The van der Waals surface area contributed by atoms with E-state index in [9.17, 15) is 0 Å². The summed E-state index contributed by atoms with van der Waals surface area (Å²) >= 11 is 3.46. The molecule has 1 aromatic heterocycles. The van der Waals surface area contributed by atoms with Crippen molar-refractivity contribution in [3.63, 3.8) is 0 Å². The Morgan fingerprint density at radius 1 is 1.04 bits per heavy atom. The quantitative estimate of drug-likeness (QED) is 0.590. The van der Waals surface area contributed by atoms with E-state index in [0.29, 0.717) is 17.7 Å². The van der Waals surface area contributed by atoms with Gasteiger partial charge in [-0.3, -0.25) is 0 Å². The molecule has 0 amide bonds. The molecule has 0 aliphatic heterocycles. The summed E-state index contributed by atoms with van der Waals surface area (Å²) in [5.41, 5.74) is 4.35. The molecule has 5 nitrogen and oxygen atoms in total. The maximum Gasteiger partial charge on any atom is 0.249 e. The minimum absolute atomic E-state index is 0.401. The number of nitrogens with zero attached hydrogens (tertiary/aromatic N) is 3. The summed E-state index contributed by atoms with van der Waals surface area (Å²) in [6.07, 6.45) is 1.60. The van der Waals surface area contributed by atoms with Crippen molar-refractivity contribution in [1.29, 1.82) is 0 Å². The average Bonchev–Trinajstić information content (AvgIpc) is 2.57. The third-order valence-corrected chi connectivity index (χ3v) is 4.31. The summed E-state index contributed by atoms with van der Waals surface area (Å²) in [5, 5.41) is 14.7. The molecule has 0 aliphatic carbocycles. The highest BCUT2D eigenvalue weighted by atomic mass is 79.9. The number of benzene rings is 2. The highest BCUT2D eigenvalue weighted by molar-refractivity contribution is 9.10. The van der Waals surface area contributed by atoms with Crippen molar-refractivity contribution in [2.45, 2.75) is 26.7 Å². The molecule has 0 spiro atoms. The molecule has 128 valence electrons. The van der Waals surface area contributed by atoms with Crippen molar-refractivity contribution in [3.8, 4) is 0 Å². The van der Waals surface area contributed by atoms with Crippen LogP contribution in [0, 0.1) is 6.92 Å². The maximum absolute atomic E-state index is 4.52. The van der Waals surface area contributed by atoms with Crippen LogP contribution in [0.2, 0.25) is 0 Å². The Labute approximate surface area is 156 Å². The Morgan fingerprint density at radius 2 is 1.84 bits per heavy atom. The molecule has 1 heterocycles. The van der Waals surface area contributed by atoms with Crippen molar-refractivity contribution in [1.82, 2.24) is 15.2 Å². The van der Waals surface area contributed by atoms with Crippen LogP contribution in [0.3, 0.4) is 0 Å². The number of anilines is 4. The van der Waals surface area contributed by atoms with Gasteiger partial charge in [0.15, 0.2) is 5.82 Å².